The van der Waals surface area contributed by atoms with Gasteiger partial charge in [-0.15, -0.1) is 0 Å². The molecule has 1 atom stereocenters. The molecule has 0 spiro atoms. The van der Waals surface area contributed by atoms with E-state index in [-0.39, 0.29) is 13.0 Å². The van der Waals surface area contributed by atoms with Gasteiger partial charge in [0.05, 0.1) is 6.42 Å². The zero-order chi connectivity index (χ0) is 15.1. The zero-order valence-electron chi connectivity index (χ0n) is 10.6. The number of rotatable bonds is 7. The van der Waals surface area contributed by atoms with E-state index < -0.39 is 30.4 Å². The first-order valence-corrected chi connectivity index (χ1v) is 5.66. The third kappa shape index (κ3) is 5.33. The SMILES string of the molecule is Cc1noc(CCNC(=O)NC(CC(=O)O)C(=O)O)n1. The first kappa shape index (κ1) is 15.4. The van der Waals surface area contributed by atoms with Crippen LogP contribution in [0.2, 0.25) is 0 Å². The first-order chi connectivity index (χ1) is 9.38. The summed E-state index contributed by atoms with van der Waals surface area (Å²) in [5.41, 5.74) is 0. The summed E-state index contributed by atoms with van der Waals surface area (Å²) in [4.78, 5) is 36.5. The van der Waals surface area contributed by atoms with Crippen molar-refractivity contribution in [3.05, 3.63) is 11.7 Å². The smallest absolute Gasteiger partial charge is 0.326 e. The number of amides is 2. The minimum atomic E-state index is -1.49. The molecule has 0 saturated heterocycles. The summed E-state index contributed by atoms with van der Waals surface area (Å²) >= 11 is 0. The maximum absolute atomic E-state index is 11.4. The molecular formula is C10H14N4O6. The second kappa shape index (κ2) is 7.07. The van der Waals surface area contributed by atoms with Crippen molar-refractivity contribution in [2.45, 2.75) is 25.8 Å². The van der Waals surface area contributed by atoms with Gasteiger partial charge >= 0.3 is 18.0 Å². The van der Waals surface area contributed by atoms with Gasteiger partial charge in [0.15, 0.2) is 5.82 Å². The van der Waals surface area contributed by atoms with Crippen molar-refractivity contribution in [1.82, 2.24) is 20.8 Å². The molecule has 110 valence electrons. The molecule has 0 aliphatic heterocycles. The van der Waals surface area contributed by atoms with Gasteiger partial charge in [-0.2, -0.15) is 4.98 Å². The van der Waals surface area contributed by atoms with Gasteiger partial charge in [0, 0.05) is 13.0 Å². The summed E-state index contributed by atoms with van der Waals surface area (Å²) in [6, 6.07) is -2.27. The Morgan fingerprint density at radius 3 is 2.55 bits per heavy atom. The Balaban J connectivity index is 2.34. The minimum Gasteiger partial charge on any atom is -0.481 e. The molecule has 1 heterocycles. The van der Waals surface area contributed by atoms with Gasteiger partial charge in [-0.3, -0.25) is 4.79 Å². The summed E-state index contributed by atoms with van der Waals surface area (Å²) in [5, 5.41) is 25.2. The van der Waals surface area contributed by atoms with Crippen molar-refractivity contribution >= 4 is 18.0 Å². The lowest BCUT2D eigenvalue weighted by molar-refractivity contribution is -0.145. The van der Waals surface area contributed by atoms with E-state index in [0.29, 0.717) is 11.7 Å². The average molecular weight is 286 g/mol. The Bertz CT molecular complexity index is 500. The number of hydrogen-bond acceptors (Lipinski definition) is 6. The van der Waals surface area contributed by atoms with E-state index in [1.165, 1.54) is 0 Å². The molecule has 1 unspecified atom stereocenters. The topological polar surface area (TPSA) is 155 Å². The molecule has 0 bridgehead atoms. The largest absolute Gasteiger partial charge is 0.481 e. The average Bonchev–Trinajstić information content (AvgIpc) is 2.73. The molecule has 20 heavy (non-hydrogen) atoms. The van der Waals surface area contributed by atoms with Crippen LogP contribution in [0.1, 0.15) is 18.1 Å². The summed E-state index contributed by atoms with van der Waals surface area (Å²) in [5.74, 6) is -1.94. The maximum atomic E-state index is 11.4. The second-order valence-electron chi connectivity index (χ2n) is 3.87. The molecule has 10 nitrogen and oxygen atoms in total. The molecule has 0 aliphatic carbocycles. The fraction of sp³-hybridized carbons (Fsp3) is 0.500. The molecule has 1 rings (SSSR count). The van der Waals surface area contributed by atoms with Gasteiger partial charge in [0.1, 0.15) is 6.04 Å². The van der Waals surface area contributed by atoms with Gasteiger partial charge in [0.25, 0.3) is 0 Å². The number of nitrogens with zero attached hydrogens (tertiary/aromatic N) is 2. The van der Waals surface area contributed by atoms with E-state index in [1.807, 2.05) is 5.32 Å². The van der Waals surface area contributed by atoms with Crippen LogP contribution in [0.4, 0.5) is 4.79 Å². The summed E-state index contributed by atoms with van der Waals surface area (Å²) in [6.45, 7) is 1.80. The van der Waals surface area contributed by atoms with Crippen LogP contribution in [0.5, 0.6) is 0 Å². The van der Waals surface area contributed by atoms with E-state index in [1.54, 1.807) is 6.92 Å². The van der Waals surface area contributed by atoms with Crippen LogP contribution in [0.3, 0.4) is 0 Å². The van der Waals surface area contributed by atoms with Crippen molar-refractivity contribution in [1.29, 1.82) is 0 Å². The second-order valence-corrected chi connectivity index (χ2v) is 3.87. The van der Waals surface area contributed by atoms with Crippen molar-refractivity contribution in [2.75, 3.05) is 6.54 Å². The van der Waals surface area contributed by atoms with Crippen LogP contribution in [0, 0.1) is 6.92 Å². The van der Waals surface area contributed by atoms with E-state index in [9.17, 15) is 14.4 Å². The lowest BCUT2D eigenvalue weighted by atomic mass is 10.2. The number of carbonyl (C=O) groups is 3. The van der Waals surface area contributed by atoms with E-state index in [0.717, 1.165) is 0 Å². The Morgan fingerprint density at radius 2 is 2.05 bits per heavy atom. The number of aromatic nitrogens is 2. The van der Waals surface area contributed by atoms with Crippen LogP contribution >= 0.6 is 0 Å². The summed E-state index contributed by atoms with van der Waals surface area (Å²) < 4.78 is 4.81. The molecule has 0 fully saturated rings. The van der Waals surface area contributed by atoms with Crippen LogP contribution < -0.4 is 10.6 Å². The van der Waals surface area contributed by atoms with E-state index in [4.69, 9.17) is 14.7 Å². The molecule has 1 aromatic rings. The third-order valence-electron chi connectivity index (χ3n) is 2.18. The normalized spacial score (nSPS) is 11.7. The van der Waals surface area contributed by atoms with Gasteiger partial charge < -0.3 is 25.4 Å². The van der Waals surface area contributed by atoms with Crippen molar-refractivity contribution in [3.8, 4) is 0 Å². The minimum absolute atomic E-state index is 0.146. The van der Waals surface area contributed by atoms with E-state index >= 15 is 0 Å². The Morgan fingerprint density at radius 1 is 1.35 bits per heavy atom. The van der Waals surface area contributed by atoms with Crippen LogP contribution in [-0.2, 0) is 16.0 Å². The molecule has 0 aliphatic rings. The monoisotopic (exact) mass is 286 g/mol. The van der Waals surface area contributed by atoms with Gasteiger partial charge in [0.2, 0.25) is 5.89 Å². The van der Waals surface area contributed by atoms with Crippen molar-refractivity contribution in [3.63, 3.8) is 0 Å². The highest BCUT2D eigenvalue weighted by atomic mass is 16.5. The number of carboxylic acid groups (broad SMARTS) is 2. The van der Waals surface area contributed by atoms with Gasteiger partial charge in [-0.25, -0.2) is 9.59 Å². The first-order valence-electron chi connectivity index (χ1n) is 5.66. The fourth-order valence-electron chi connectivity index (χ4n) is 1.31. The number of carbonyl (C=O) groups excluding carboxylic acids is 1. The summed E-state index contributed by atoms with van der Waals surface area (Å²) in [6.07, 6.45) is -0.420. The molecule has 0 saturated carbocycles. The van der Waals surface area contributed by atoms with Crippen LogP contribution in [-0.4, -0.2) is 50.9 Å². The number of aliphatic carboxylic acids is 2. The highest BCUT2D eigenvalue weighted by Crippen LogP contribution is 1.96. The molecule has 1 aromatic heterocycles. The fourth-order valence-corrected chi connectivity index (χ4v) is 1.31. The predicted octanol–water partition coefficient (Wildman–Crippen LogP) is -0.852. The Kier molecular flexibility index (Phi) is 5.44. The number of aryl methyl sites for hydroxylation is 1. The van der Waals surface area contributed by atoms with E-state index in [2.05, 4.69) is 15.5 Å². The predicted molar refractivity (Wildman–Crippen MR) is 63.0 cm³/mol. The zero-order valence-corrected chi connectivity index (χ0v) is 10.6. The highest BCUT2D eigenvalue weighted by Gasteiger charge is 2.22. The number of carboxylic acids is 2. The molecule has 10 heteroatoms. The molecule has 0 aromatic carbocycles. The lowest BCUT2D eigenvalue weighted by Gasteiger charge is -2.12. The number of urea groups is 1. The quantitative estimate of drug-likeness (QED) is 0.505. The highest BCUT2D eigenvalue weighted by molar-refractivity contribution is 5.86. The summed E-state index contributed by atoms with van der Waals surface area (Å²) in [7, 11) is 0. The van der Waals surface area contributed by atoms with Crippen LogP contribution in [0.25, 0.3) is 0 Å². The molecular weight excluding hydrogens is 272 g/mol. The standard InChI is InChI=1S/C10H14N4O6/c1-5-12-7(20-14-5)2-3-11-10(19)13-6(9(17)18)4-8(15)16/h6H,2-4H2,1H3,(H,15,16)(H,17,18)(H2,11,13,19). The van der Waals surface area contributed by atoms with Crippen LogP contribution in [0.15, 0.2) is 4.52 Å². The van der Waals surface area contributed by atoms with Gasteiger partial charge in [-0.1, -0.05) is 5.16 Å². The maximum Gasteiger partial charge on any atom is 0.326 e. The molecule has 0 radical (unpaired) electrons. The Hall–Kier alpha value is -2.65. The van der Waals surface area contributed by atoms with Crippen molar-refractivity contribution in [2.24, 2.45) is 0 Å². The Labute approximate surface area is 113 Å². The third-order valence-corrected chi connectivity index (χ3v) is 2.18. The lowest BCUT2D eigenvalue weighted by Crippen LogP contribution is -2.47. The number of hydrogen-bond donors (Lipinski definition) is 4. The van der Waals surface area contributed by atoms with Gasteiger partial charge in [-0.05, 0) is 6.92 Å². The van der Waals surface area contributed by atoms with Crippen molar-refractivity contribution < 1.29 is 29.1 Å². The molecule has 4 N–H and O–H groups in total. The number of nitrogens with one attached hydrogen (secondary N) is 2. The molecule has 2 amide bonds.